The highest BCUT2D eigenvalue weighted by molar-refractivity contribution is 5.81. The molecular weight excluding hydrogens is 156 g/mol. The third-order valence-corrected chi connectivity index (χ3v) is 1.55. The molecule has 0 saturated heterocycles. The number of carbonyl (C=O) groups is 1. The maximum Gasteiger partial charge on any atom is 0.264 e. The minimum Gasteiger partial charge on any atom is -0.316 e. The molecule has 0 aliphatic carbocycles. The summed E-state index contributed by atoms with van der Waals surface area (Å²) in [5, 5.41) is 8.29. The SMILES string of the molecule is N[C@H](C(=O)NO)c1ccccc1. The van der Waals surface area contributed by atoms with Gasteiger partial charge in [0, 0.05) is 0 Å². The van der Waals surface area contributed by atoms with Crippen LogP contribution in [-0.4, -0.2) is 11.1 Å². The first kappa shape index (κ1) is 8.70. The van der Waals surface area contributed by atoms with Gasteiger partial charge in [-0.05, 0) is 5.56 Å². The van der Waals surface area contributed by atoms with Crippen molar-refractivity contribution in [1.29, 1.82) is 0 Å². The maximum atomic E-state index is 10.8. The highest BCUT2D eigenvalue weighted by Gasteiger charge is 2.13. The van der Waals surface area contributed by atoms with Gasteiger partial charge in [-0.2, -0.15) is 0 Å². The third-order valence-electron chi connectivity index (χ3n) is 1.55. The van der Waals surface area contributed by atoms with E-state index in [2.05, 4.69) is 0 Å². The molecule has 0 aliphatic rings. The highest BCUT2D eigenvalue weighted by Crippen LogP contribution is 2.08. The lowest BCUT2D eigenvalue weighted by Gasteiger charge is -2.08. The lowest BCUT2D eigenvalue weighted by Crippen LogP contribution is -2.31. The van der Waals surface area contributed by atoms with Crippen molar-refractivity contribution >= 4 is 5.91 Å². The summed E-state index contributed by atoms with van der Waals surface area (Å²) < 4.78 is 0. The van der Waals surface area contributed by atoms with E-state index < -0.39 is 11.9 Å². The summed E-state index contributed by atoms with van der Waals surface area (Å²) >= 11 is 0. The van der Waals surface area contributed by atoms with Gasteiger partial charge in [-0.15, -0.1) is 0 Å². The molecule has 0 heterocycles. The second kappa shape index (κ2) is 3.85. The van der Waals surface area contributed by atoms with E-state index in [1.807, 2.05) is 6.07 Å². The van der Waals surface area contributed by atoms with Gasteiger partial charge in [-0.25, -0.2) is 5.48 Å². The number of rotatable bonds is 2. The monoisotopic (exact) mass is 166 g/mol. The van der Waals surface area contributed by atoms with E-state index in [9.17, 15) is 4.79 Å². The van der Waals surface area contributed by atoms with E-state index in [1.54, 1.807) is 24.3 Å². The van der Waals surface area contributed by atoms with Crippen molar-refractivity contribution in [3.8, 4) is 0 Å². The molecule has 0 saturated carbocycles. The molecule has 1 aromatic rings. The zero-order valence-corrected chi connectivity index (χ0v) is 6.40. The lowest BCUT2D eigenvalue weighted by molar-refractivity contribution is -0.130. The van der Waals surface area contributed by atoms with Crippen molar-refractivity contribution in [2.75, 3.05) is 0 Å². The maximum absolute atomic E-state index is 10.8. The Labute approximate surface area is 70.0 Å². The molecule has 0 unspecified atom stereocenters. The molecule has 0 radical (unpaired) electrons. The summed E-state index contributed by atoms with van der Waals surface area (Å²) in [6.45, 7) is 0. The second-order valence-electron chi connectivity index (χ2n) is 2.36. The number of hydrogen-bond acceptors (Lipinski definition) is 3. The molecule has 4 heteroatoms. The molecule has 0 spiro atoms. The topological polar surface area (TPSA) is 75.4 Å². The molecule has 0 fully saturated rings. The summed E-state index contributed by atoms with van der Waals surface area (Å²) in [4.78, 5) is 10.8. The van der Waals surface area contributed by atoms with Crippen molar-refractivity contribution in [2.24, 2.45) is 5.73 Å². The summed E-state index contributed by atoms with van der Waals surface area (Å²) in [7, 11) is 0. The van der Waals surface area contributed by atoms with Crippen molar-refractivity contribution in [3.63, 3.8) is 0 Å². The summed E-state index contributed by atoms with van der Waals surface area (Å²) in [6, 6.07) is 8.02. The molecule has 1 rings (SSSR count). The predicted octanol–water partition coefficient (Wildman–Crippen LogP) is 0.192. The number of benzene rings is 1. The Balaban J connectivity index is 2.78. The molecular formula is C8H10N2O2. The fourth-order valence-electron chi connectivity index (χ4n) is 0.881. The van der Waals surface area contributed by atoms with Gasteiger partial charge < -0.3 is 5.73 Å². The average Bonchev–Trinajstić information content (AvgIpc) is 2.17. The van der Waals surface area contributed by atoms with Crippen molar-refractivity contribution in [1.82, 2.24) is 5.48 Å². The number of amides is 1. The molecule has 1 amide bonds. The van der Waals surface area contributed by atoms with Crippen molar-refractivity contribution < 1.29 is 10.0 Å². The van der Waals surface area contributed by atoms with Crippen LogP contribution in [0.2, 0.25) is 0 Å². The van der Waals surface area contributed by atoms with E-state index in [0.717, 1.165) is 0 Å². The van der Waals surface area contributed by atoms with E-state index in [4.69, 9.17) is 10.9 Å². The Kier molecular flexibility index (Phi) is 2.79. The van der Waals surface area contributed by atoms with Crippen LogP contribution in [-0.2, 0) is 4.79 Å². The first-order valence-corrected chi connectivity index (χ1v) is 3.50. The third kappa shape index (κ3) is 1.81. The zero-order chi connectivity index (χ0) is 8.97. The lowest BCUT2D eigenvalue weighted by atomic mass is 10.1. The number of carbonyl (C=O) groups excluding carboxylic acids is 1. The summed E-state index contributed by atoms with van der Waals surface area (Å²) in [5.41, 5.74) is 7.65. The van der Waals surface area contributed by atoms with Gasteiger partial charge in [-0.3, -0.25) is 10.0 Å². The van der Waals surface area contributed by atoms with Gasteiger partial charge in [0.2, 0.25) is 0 Å². The van der Waals surface area contributed by atoms with Crippen LogP contribution in [0.3, 0.4) is 0 Å². The Bertz CT molecular complexity index is 261. The number of hydrogen-bond donors (Lipinski definition) is 3. The number of hydroxylamine groups is 1. The second-order valence-corrected chi connectivity index (χ2v) is 2.36. The quantitative estimate of drug-likeness (QED) is 0.433. The van der Waals surface area contributed by atoms with Crippen LogP contribution in [0.1, 0.15) is 11.6 Å². The molecule has 0 bridgehead atoms. The van der Waals surface area contributed by atoms with Crippen LogP contribution in [0.15, 0.2) is 30.3 Å². The van der Waals surface area contributed by atoms with Crippen molar-refractivity contribution in [3.05, 3.63) is 35.9 Å². The molecule has 0 aromatic heterocycles. The minimum absolute atomic E-state index is 0.610. The van der Waals surface area contributed by atoms with Crippen LogP contribution in [0, 0.1) is 0 Å². The van der Waals surface area contributed by atoms with Crippen LogP contribution in [0.25, 0.3) is 0 Å². The van der Waals surface area contributed by atoms with Gasteiger partial charge in [-0.1, -0.05) is 30.3 Å². The molecule has 1 atom stereocenters. The number of nitrogens with one attached hydrogen (secondary N) is 1. The standard InChI is InChI=1S/C8H10N2O2/c9-7(8(11)10-12)6-4-2-1-3-5-6/h1-5,7,12H,9H2,(H,10,11)/t7-/m0/s1. The van der Waals surface area contributed by atoms with E-state index in [0.29, 0.717) is 5.56 Å². The Hall–Kier alpha value is -1.39. The van der Waals surface area contributed by atoms with Gasteiger partial charge in [0.15, 0.2) is 0 Å². The fourth-order valence-corrected chi connectivity index (χ4v) is 0.881. The molecule has 0 aliphatic heterocycles. The average molecular weight is 166 g/mol. The highest BCUT2D eigenvalue weighted by atomic mass is 16.5. The fraction of sp³-hybridized carbons (Fsp3) is 0.125. The first-order chi connectivity index (χ1) is 5.75. The molecule has 4 nitrogen and oxygen atoms in total. The van der Waals surface area contributed by atoms with Gasteiger partial charge in [0.1, 0.15) is 6.04 Å². The van der Waals surface area contributed by atoms with E-state index in [-0.39, 0.29) is 0 Å². The zero-order valence-electron chi connectivity index (χ0n) is 6.40. The smallest absolute Gasteiger partial charge is 0.264 e. The van der Waals surface area contributed by atoms with Crippen LogP contribution >= 0.6 is 0 Å². The largest absolute Gasteiger partial charge is 0.316 e. The molecule has 4 N–H and O–H groups in total. The Morgan fingerprint density at radius 2 is 2.00 bits per heavy atom. The predicted molar refractivity (Wildman–Crippen MR) is 43.3 cm³/mol. The van der Waals surface area contributed by atoms with E-state index in [1.165, 1.54) is 5.48 Å². The van der Waals surface area contributed by atoms with Crippen LogP contribution in [0.5, 0.6) is 0 Å². The Morgan fingerprint density at radius 3 is 2.50 bits per heavy atom. The summed E-state index contributed by atoms with van der Waals surface area (Å²) in [6.07, 6.45) is 0. The summed E-state index contributed by atoms with van der Waals surface area (Å²) in [5.74, 6) is -0.610. The van der Waals surface area contributed by atoms with Gasteiger partial charge >= 0.3 is 0 Å². The molecule has 12 heavy (non-hydrogen) atoms. The van der Waals surface area contributed by atoms with Gasteiger partial charge in [0.25, 0.3) is 5.91 Å². The first-order valence-electron chi connectivity index (χ1n) is 3.50. The number of nitrogens with two attached hydrogens (primary N) is 1. The van der Waals surface area contributed by atoms with E-state index >= 15 is 0 Å². The molecule has 1 aromatic carbocycles. The normalized spacial score (nSPS) is 12.2. The van der Waals surface area contributed by atoms with Crippen LogP contribution in [0.4, 0.5) is 0 Å². The Morgan fingerprint density at radius 1 is 1.42 bits per heavy atom. The van der Waals surface area contributed by atoms with Crippen molar-refractivity contribution in [2.45, 2.75) is 6.04 Å². The molecule has 64 valence electrons. The van der Waals surface area contributed by atoms with Crippen LogP contribution < -0.4 is 11.2 Å². The van der Waals surface area contributed by atoms with Gasteiger partial charge in [0.05, 0.1) is 0 Å². The minimum atomic E-state index is -0.809.